The smallest absolute Gasteiger partial charge is 0.137 e. The molecule has 0 spiro atoms. The van der Waals surface area contributed by atoms with Gasteiger partial charge >= 0.3 is 0 Å². The second-order valence-corrected chi connectivity index (χ2v) is 6.54. The van der Waals surface area contributed by atoms with Gasteiger partial charge in [-0.15, -0.1) is 11.3 Å². The van der Waals surface area contributed by atoms with Crippen molar-refractivity contribution in [2.24, 2.45) is 0 Å². The standard InChI is InChI=1S/C13H12BrClFNS/c1-17-11(12-4-5-13(15)18-12)7-8-2-3-10(16)9(14)6-8/h2-6,11,17H,7H2,1H3. The van der Waals surface area contributed by atoms with Gasteiger partial charge < -0.3 is 5.32 Å². The summed E-state index contributed by atoms with van der Waals surface area (Å²) in [5.41, 5.74) is 1.08. The molecule has 18 heavy (non-hydrogen) atoms. The van der Waals surface area contributed by atoms with E-state index in [1.807, 2.05) is 25.2 Å². The van der Waals surface area contributed by atoms with Crippen molar-refractivity contribution < 1.29 is 4.39 Å². The van der Waals surface area contributed by atoms with Crippen molar-refractivity contribution in [2.45, 2.75) is 12.5 Å². The van der Waals surface area contributed by atoms with Gasteiger partial charge in [-0.1, -0.05) is 17.7 Å². The van der Waals surface area contributed by atoms with Gasteiger partial charge in [0, 0.05) is 10.9 Å². The van der Waals surface area contributed by atoms with Crippen molar-refractivity contribution in [3.05, 3.63) is 55.4 Å². The minimum atomic E-state index is -0.237. The predicted molar refractivity (Wildman–Crippen MR) is 78.9 cm³/mol. The van der Waals surface area contributed by atoms with Gasteiger partial charge in [0.15, 0.2) is 0 Å². The number of nitrogens with one attached hydrogen (secondary N) is 1. The van der Waals surface area contributed by atoms with Gasteiger partial charge in [-0.25, -0.2) is 4.39 Å². The lowest BCUT2D eigenvalue weighted by molar-refractivity contribution is 0.596. The highest BCUT2D eigenvalue weighted by atomic mass is 79.9. The molecule has 5 heteroatoms. The molecule has 96 valence electrons. The van der Waals surface area contributed by atoms with Crippen LogP contribution in [0.2, 0.25) is 4.34 Å². The van der Waals surface area contributed by atoms with E-state index in [0.717, 1.165) is 16.3 Å². The zero-order valence-electron chi connectivity index (χ0n) is 9.71. The largest absolute Gasteiger partial charge is 0.312 e. The van der Waals surface area contributed by atoms with Crippen molar-refractivity contribution in [1.29, 1.82) is 0 Å². The molecule has 2 aromatic rings. The number of rotatable bonds is 4. The third-order valence-electron chi connectivity index (χ3n) is 2.71. The quantitative estimate of drug-likeness (QED) is 0.836. The fraction of sp³-hybridized carbons (Fsp3) is 0.231. The molecule has 1 heterocycles. The molecule has 2 rings (SSSR count). The average molecular weight is 349 g/mol. The van der Waals surface area contributed by atoms with Crippen LogP contribution in [0.15, 0.2) is 34.8 Å². The highest BCUT2D eigenvalue weighted by molar-refractivity contribution is 9.10. The van der Waals surface area contributed by atoms with Crippen molar-refractivity contribution in [2.75, 3.05) is 7.05 Å². The van der Waals surface area contributed by atoms with E-state index in [1.165, 1.54) is 10.9 Å². The van der Waals surface area contributed by atoms with Gasteiger partial charge in [0.2, 0.25) is 0 Å². The first-order valence-corrected chi connectivity index (χ1v) is 7.45. The average Bonchev–Trinajstić information content (AvgIpc) is 2.77. The maximum absolute atomic E-state index is 13.2. The molecular weight excluding hydrogens is 337 g/mol. The summed E-state index contributed by atoms with van der Waals surface area (Å²) in [6.07, 6.45) is 0.798. The Hall–Kier alpha value is -0.420. The van der Waals surface area contributed by atoms with Crippen LogP contribution in [0.3, 0.4) is 0 Å². The first-order chi connectivity index (χ1) is 8.60. The molecule has 1 atom stereocenters. The maximum Gasteiger partial charge on any atom is 0.137 e. The summed E-state index contributed by atoms with van der Waals surface area (Å²) in [5.74, 6) is -0.237. The summed E-state index contributed by atoms with van der Waals surface area (Å²) in [7, 11) is 1.91. The van der Waals surface area contributed by atoms with Crippen LogP contribution in [0.4, 0.5) is 4.39 Å². The van der Waals surface area contributed by atoms with Crippen LogP contribution < -0.4 is 5.32 Å². The number of likely N-dealkylation sites (N-methyl/N-ethyl adjacent to an activating group) is 1. The molecule has 0 bridgehead atoms. The van der Waals surface area contributed by atoms with E-state index in [1.54, 1.807) is 17.4 Å². The van der Waals surface area contributed by atoms with Crippen LogP contribution in [-0.4, -0.2) is 7.05 Å². The number of halogens is 3. The maximum atomic E-state index is 13.2. The summed E-state index contributed by atoms with van der Waals surface area (Å²) < 4.78 is 14.4. The molecule has 0 radical (unpaired) electrons. The third-order valence-corrected chi connectivity index (χ3v) is 4.66. The minimum absolute atomic E-state index is 0.194. The molecule has 1 aromatic carbocycles. The minimum Gasteiger partial charge on any atom is -0.312 e. The molecule has 0 saturated carbocycles. The van der Waals surface area contributed by atoms with Crippen LogP contribution in [0.25, 0.3) is 0 Å². The van der Waals surface area contributed by atoms with E-state index >= 15 is 0 Å². The van der Waals surface area contributed by atoms with Crippen molar-refractivity contribution in [1.82, 2.24) is 5.32 Å². The predicted octanol–water partition coefficient (Wildman–Crippen LogP) is 4.81. The van der Waals surface area contributed by atoms with Gasteiger partial charge in [-0.05, 0) is 59.2 Å². The van der Waals surface area contributed by atoms with Crippen molar-refractivity contribution in [3.8, 4) is 0 Å². The van der Waals surface area contributed by atoms with Crippen molar-refractivity contribution in [3.63, 3.8) is 0 Å². The molecule has 1 nitrogen and oxygen atoms in total. The number of thiophene rings is 1. The Labute approximate surface area is 123 Å². The molecule has 1 aromatic heterocycles. The SMILES string of the molecule is CNC(Cc1ccc(F)c(Br)c1)c1ccc(Cl)s1. The van der Waals surface area contributed by atoms with Crippen LogP contribution in [0, 0.1) is 5.82 Å². The number of benzene rings is 1. The Kier molecular flexibility index (Phi) is 4.78. The lowest BCUT2D eigenvalue weighted by atomic mass is 10.0. The zero-order chi connectivity index (χ0) is 13.1. The molecule has 1 N–H and O–H groups in total. The lowest BCUT2D eigenvalue weighted by Gasteiger charge is -2.14. The highest BCUT2D eigenvalue weighted by Crippen LogP contribution is 2.29. The molecule has 0 aliphatic rings. The second kappa shape index (κ2) is 6.15. The summed E-state index contributed by atoms with van der Waals surface area (Å²) in [6, 6.07) is 9.21. The molecule has 0 saturated heterocycles. The third kappa shape index (κ3) is 3.32. The number of hydrogen-bond acceptors (Lipinski definition) is 2. The Morgan fingerprint density at radius 3 is 2.72 bits per heavy atom. The van der Waals surface area contributed by atoms with Crippen LogP contribution in [0.1, 0.15) is 16.5 Å². The Morgan fingerprint density at radius 1 is 1.39 bits per heavy atom. The van der Waals surface area contributed by atoms with Gasteiger partial charge in [0.1, 0.15) is 5.82 Å². The van der Waals surface area contributed by atoms with E-state index < -0.39 is 0 Å². The number of hydrogen-bond donors (Lipinski definition) is 1. The zero-order valence-corrected chi connectivity index (χ0v) is 12.9. The molecule has 1 unspecified atom stereocenters. The van der Waals surface area contributed by atoms with Gasteiger partial charge in [0.25, 0.3) is 0 Å². The van der Waals surface area contributed by atoms with Crippen molar-refractivity contribution >= 4 is 38.9 Å². The molecule has 0 amide bonds. The fourth-order valence-electron chi connectivity index (χ4n) is 1.76. The monoisotopic (exact) mass is 347 g/mol. The van der Waals surface area contributed by atoms with E-state index in [0.29, 0.717) is 4.47 Å². The highest BCUT2D eigenvalue weighted by Gasteiger charge is 2.13. The Bertz CT molecular complexity index is 544. The summed E-state index contributed by atoms with van der Waals surface area (Å²) in [5, 5.41) is 3.26. The first-order valence-electron chi connectivity index (χ1n) is 5.46. The lowest BCUT2D eigenvalue weighted by Crippen LogP contribution is -2.17. The van der Waals surface area contributed by atoms with Crippen LogP contribution in [-0.2, 0) is 6.42 Å². The second-order valence-electron chi connectivity index (χ2n) is 3.94. The molecule has 0 aliphatic heterocycles. The summed E-state index contributed by atoms with van der Waals surface area (Å²) in [4.78, 5) is 1.18. The van der Waals surface area contributed by atoms with Crippen LogP contribution >= 0.6 is 38.9 Å². The fourth-order valence-corrected chi connectivity index (χ4v) is 3.36. The van der Waals surface area contributed by atoms with E-state index in [9.17, 15) is 4.39 Å². The Balaban J connectivity index is 2.17. The Morgan fingerprint density at radius 2 is 2.17 bits per heavy atom. The van der Waals surface area contributed by atoms with E-state index in [2.05, 4.69) is 21.2 Å². The van der Waals surface area contributed by atoms with E-state index in [-0.39, 0.29) is 11.9 Å². The summed E-state index contributed by atoms with van der Waals surface area (Å²) >= 11 is 10.7. The normalized spacial score (nSPS) is 12.7. The topological polar surface area (TPSA) is 12.0 Å². The summed E-state index contributed by atoms with van der Waals surface area (Å²) in [6.45, 7) is 0. The van der Waals surface area contributed by atoms with Crippen LogP contribution in [0.5, 0.6) is 0 Å². The van der Waals surface area contributed by atoms with E-state index in [4.69, 9.17) is 11.6 Å². The molecule has 0 aliphatic carbocycles. The van der Waals surface area contributed by atoms with Gasteiger partial charge in [-0.2, -0.15) is 0 Å². The van der Waals surface area contributed by atoms with Gasteiger partial charge in [0.05, 0.1) is 8.81 Å². The van der Waals surface area contributed by atoms with Gasteiger partial charge in [-0.3, -0.25) is 0 Å². The molecular formula is C13H12BrClFNS. The molecule has 0 fully saturated rings. The first kappa shape index (κ1) is 14.0.